The number of anilines is 1. The Morgan fingerprint density at radius 2 is 1.43 bits per heavy atom. The largest absolute Gasteiger partial charge is 0.490 e. The number of hydrogen-bond acceptors (Lipinski definition) is 14. The van der Waals surface area contributed by atoms with Gasteiger partial charge in [-0.25, -0.2) is 0 Å². The summed E-state index contributed by atoms with van der Waals surface area (Å²) in [7, 11) is 0. The monoisotopic (exact) mass is 890 g/mol. The van der Waals surface area contributed by atoms with E-state index in [1.807, 2.05) is 18.2 Å². The molecule has 7 rings (SSSR count). The highest BCUT2D eigenvalue weighted by Crippen LogP contribution is 2.34. The molecule has 1 atom stereocenters. The zero-order valence-corrected chi connectivity index (χ0v) is 35.7. The zero-order valence-electron chi connectivity index (χ0n) is 35.7. The quantitative estimate of drug-likeness (QED) is 0.0745. The van der Waals surface area contributed by atoms with Crippen LogP contribution in [0.15, 0.2) is 72.9 Å². The van der Waals surface area contributed by atoms with Crippen LogP contribution in [0.25, 0.3) is 10.9 Å². The van der Waals surface area contributed by atoms with Crippen molar-refractivity contribution in [3.8, 4) is 17.6 Å². The van der Waals surface area contributed by atoms with Crippen LogP contribution in [0, 0.1) is 11.3 Å². The Bertz CT molecular complexity index is 2410. The minimum atomic E-state index is -1.06. The molecule has 2 aliphatic heterocycles. The molecule has 6 amide bonds. The molecule has 4 aromatic rings. The number of nitriles is 1. The second-order valence-electron chi connectivity index (χ2n) is 15.5. The van der Waals surface area contributed by atoms with E-state index in [4.69, 9.17) is 28.4 Å². The molecule has 0 bridgehead atoms. The number of amides is 6. The number of piperidine rings is 1. The highest BCUT2D eigenvalue weighted by molar-refractivity contribution is 6.24. The second-order valence-corrected chi connectivity index (χ2v) is 15.5. The molecule has 3 heterocycles. The van der Waals surface area contributed by atoms with Gasteiger partial charge in [0.2, 0.25) is 17.7 Å². The van der Waals surface area contributed by atoms with E-state index < -0.39 is 29.7 Å². The summed E-state index contributed by atoms with van der Waals surface area (Å²) in [4.78, 5) is 80.7. The number of carbonyl (C=O) groups is 6. The molecule has 1 aliphatic carbocycles. The third-order valence-electron chi connectivity index (χ3n) is 11.1. The van der Waals surface area contributed by atoms with Crippen molar-refractivity contribution in [2.75, 3.05) is 64.8 Å². The highest BCUT2D eigenvalue weighted by Gasteiger charge is 2.46. The van der Waals surface area contributed by atoms with Crippen molar-refractivity contribution in [2.24, 2.45) is 0 Å². The molecule has 1 aromatic heterocycles. The van der Waals surface area contributed by atoms with Gasteiger partial charge in [-0.1, -0.05) is 12.1 Å². The summed E-state index contributed by atoms with van der Waals surface area (Å²) in [6, 6.07) is 19.8. The predicted octanol–water partition coefficient (Wildman–Crippen LogP) is 4.10. The minimum Gasteiger partial charge on any atom is -0.490 e. The lowest BCUT2D eigenvalue weighted by Crippen LogP contribution is -2.54. The fourth-order valence-electron chi connectivity index (χ4n) is 7.79. The van der Waals surface area contributed by atoms with Gasteiger partial charge in [-0.3, -0.25) is 44.0 Å². The molecule has 18 heteroatoms. The highest BCUT2D eigenvalue weighted by atomic mass is 16.6. The van der Waals surface area contributed by atoms with Gasteiger partial charge in [0.15, 0.2) is 0 Å². The van der Waals surface area contributed by atoms with Gasteiger partial charge in [0.1, 0.15) is 30.2 Å². The maximum Gasteiger partial charge on any atom is 0.266 e. The van der Waals surface area contributed by atoms with Gasteiger partial charge in [-0.15, -0.1) is 0 Å². The average Bonchev–Trinajstić information content (AvgIpc) is 3.57. The predicted molar refractivity (Wildman–Crippen MR) is 232 cm³/mol. The van der Waals surface area contributed by atoms with Crippen molar-refractivity contribution in [3.05, 3.63) is 95.2 Å². The molecule has 1 saturated carbocycles. The van der Waals surface area contributed by atoms with Crippen molar-refractivity contribution in [1.82, 2.24) is 20.5 Å². The van der Waals surface area contributed by atoms with Gasteiger partial charge in [-0.2, -0.15) is 5.26 Å². The minimum absolute atomic E-state index is 0.00430. The molecule has 0 radical (unpaired) electrons. The molecule has 65 heavy (non-hydrogen) atoms. The fraction of sp³-hybridized carbons (Fsp3) is 0.404. The van der Waals surface area contributed by atoms with Crippen LogP contribution >= 0.6 is 0 Å². The Kier molecular flexibility index (Phi) is 16.2. The summed E-state index contributed by atoms with van der Waals surface area (Å²) >= 11 is 0. The van der Waals surface area contributed by atoms with E-state index in [9.17, 15) is 34.0 Å². The first kappa shape index (κ1) is 46.2. The van der Waals surface area contributed by atoms with Gasteiger partial charge in [0.05, 0.1) is 87.6 Å². The Hall–Kier alpha value is -6.78. The van der Waals surface area contributed by atoms with Crippen molar-refractivity contribution < 1.29 is 57.2 Å². The molecule has 340 valence electrons. The van der Waals surface area contributed by atoms with Crippen molar-refractivity contribution in [2.45, 2.75) is 63.1 Å². The fourth-order valence-corrected chi connectivity index (χ4v) is 7.79. The van der Waals surface area contributed by atoms with Crippen LogP contribution in [0.5, 0.6) is 11.5 Å². The lowest BCUT2D eigenvalue weighted by molar-refractivity contribution is -0.136. The van der Waals surface area contributed by atoms with E-state index in [0.717, 1.165) is 36.0 Å². The van der Waals surface area contributed by atoms with E-state index in [-0.39, 0.29) is 79.9 Å². The molecule has 18 nitrogen and oxygen atoms in total. The molecule has 1 unspecified atom stereocenters. The van der Waals surface area contributed by atoms with Gasteiger partial charge in [-0.05, 0) is 86.7 Å². The number of hydrogen-bond donors (Lipinski definition) is 3. The first-order valence-electron chi connectivity index (χ1n) is 21.6. The van der Waals surface area contributed by atoms with Crippen molar-refractivity contribution >= 4 is 52.0 Å². The molecule has 3 aromatic carbocycles. The first-order chi connectivity index (χ1) is 31.7. The Balaban J connectivity index is 0.677. The van der Waals surface area contributed by atoms with E-state index in [2.05, 4.69) is 27.0 Å². The normalized spacial score (nSPS) is 18.2. The van der Waals surface area contributed by atoms with Crippen LogP contribution in [0.4, 0.5) is 5.69 Å². The van der Waals surface area contributed by atoms with E-state index >= 15 is 0 Å². The van der Waals surface area contributed by atoms with Gasteiger partial charge in [0.25, 0.3) is 17.7 Å². The summed E-state index contributed by atoms with van der Waals surface area (Å²) in [5.74, 6) is -1.85. The number of fused-ring (bicyclic) bond motifs is 2. The molecular weight excluding hydrogens is 841 g/mol. The molecular formula is C47H50N6O12. The van der Waals surface area contributed by atoms with E-state index in [0.29, 0.717) is 67.7 Å². The summed E-state index contributed by atoms with van der Waals surface area (Å²) in [6.45, 7) is 2.44. The summed E-state index contributed by atoms with van der Waals surface area (Å²) in [5, 5.41) is 18.3. The van der Waals surface area contributed by atoms with Crippen LogP contribution in [0.2, 0.25) is 0 Å². The average molecular weight is 891 g/mol. The molecule has 1 saturated heterocycles. The van der Waals surface area contributed by atoms with Crippen LogP contribution in [-0.2, 0) is 33.3 Å². The number of rotatable bonds is 22. The van der Waals surface area contributed by atoms with Crippen molar-refractivity contribution in [1.29, 1.82) is 5.26 Å². The van der Waals surface area contributed by atoms with Crippen LogP contribution in [-0.4, -0.2) is 123 Å². The lowest BCUT2D eigenvalue weighted by Gasteiger charge is -2.30. The number of aromatic nitrogens is 1. The number of nitrogens with zero attached hydrogens (tertiary/aromatic N) is 3. The van der Waals surface area contributed by atoms with Crippen LogP contribution < -0.4 is 25.4 Å². The van der Waals surface area contributed by atoms with Gasteiger partial charge >= 0.3 is 0 Å². The number of pyridine rings is 1. The second kappa shape index (κ2) is 22.7. The number of para-hydroxylation sites is 1. The third kappa shape index (κ3) is 12.1. The standard InChI is InChI=1S/C47H50N6O12/c48-29-31-3-1-4-35-38(17-19-49-43(31)35)65-34-13-11-33(12-14-34)51-44(56)30-7-9-32(10-8-30)50-41(55)18-20-60-21-22-61-23-24-62-25-26-63-27-28-64-39-6-2-5-36-42(39)47(59)53(46(36)58)37-15-16-40(54)52-45(37)57/h1-10,17,19,33-34,37H,11-16,18,20-28H2,(H,50,55)(H,51,56)(H,52,54,57)/t33-,34-,37?. The first-order valence-corrected chi connectivity index (χ1v) is 21.6. The number of nitrogens with one attached hydrogen (secondary N) is 3. The summed E-state index contributed by atoms with van der Waals surface area (Å²) in [5.41, 5.74) is 2.42. The maximum absolute atomic E-state index is 13.2. The Morgan fingerprint density at radius 1 is 0.754 bits per heavy atom. The maximum atomic E-state index is 13.2. The molecule has 2 fully saturated rings. The van der Waals surface area contributed by atoms with Crippen LogP contribution in [0.1, 0.15) is 81.6 Å². The van der Waals surface area contributed by atoms with E-state index in [1.165, 1.54) is 6.07 Å². The Morgan fingerprint density at radius 3 is 2.12 bits per heavy atom. The van der Waals surface area contributed by atoms with Gasteiger partial charge < -0.3 is 39.1 Å². The van der Waals surface area contributed by atoms with Gasteiger partial charge in [0, 0.05) is 35.3 Å². The number of imide groups is 2. The zero-order chi connectivity index (χ0) is 45.5. The molecule has 0 spiro atoms. The SMILES string of the molecule is N#Cc1cccc2c(O[C@H]3CC[C@H](NC(=O)c4ccc(NC(=O)CCOCCOCCOCCOCCOc5cccc6c5C(=O)N(C5CCC(=O)NC5=O)C6=O)cc4)CC3)ccnc12. The topological polar surface area (TPSA) is 234 Å². The smallest absolute Gasteiger partial charge is 0.266 e. The Labute approximate surface area is 374 Å². The lowest BCUT2D eigenvalue weighted by atomic mass is 9.92. The van der Waals surface area contributed by atoms with Crippen molar-refractivity contribution in [3.63, 3.8) is 0 Å². The van der Waals surface area contributed by atoms with E-state index in [1.54, 1.807) is 48.7 Å². The molecule has 3 N–H and O–H groups in total. The van der Waals surface area contributed by atoms with Crippen LogP contribution in [0.3, 0.4) is 0 Å². The third-order valence-corrected chi connectivity index (χ3v) is 11.1. The molecule has 3 aliphatic rings. The number of carbonyl (C=O) groups excluding carboxylic acids is 6. The number of benzene rings is 3. The summed E-state index contributed by atoms with van der Waals surface area (Å²) < 4.78 is 34.2. The number of ether oxygens (including phenoxy) is 6. The summed E-state index contributed by atoms with van der Waals surface area (Å²) in [6.07, 6.45) is 4.99.